The van der Waals surface area contributed by atoms with E-state index in [0.29, 0.717) is 30.6 Å². The number of allylic oxidation sites excluding steroid dienone is 3. The van der Waals surface area contributed by atoms with Gasteiger partial charge in [0.2, 0.25) is 0 Å². The summed E-state index contributed by atoms with van der Waals surface area (Å²) in [4.78, 5) is 35.2. The fourth-order valence-corrected chi connectivity index (χ4v) is 7.70. The lowest BCUT2D eigenvalue weighted by molar-refractivity contribution is -0.165. The molecule has 5 heteroatoms. The smallest absolute Gasteiger partial charge is 0.302 e. The van der Waals surface area contributed by atoms with Crippen molar-refractivity contribution < 1.29 is 23.9 Å². The minimum atomic E-state index is -0.307. The second-order valence-electron chi connectivity index (χ2n) is 10.7. The van der Waals surface area contributed by atoms with E-state index in [1.54, 1.807) is 0 Å². The van der Waals surface area contributed by atoms with Crippen molar-refractivity contribution in [3.8, 4) is 0 Å². The van der Waals surface area contributed by atoms with Crippen LogP contribution in [0.5, 0.6) is 0 Å². The number of rotatable bonds is 4. The van der Waals surface area contributed by atoms with E-state index in [0.717, 1.165) is 32.0 Å². The number of aldehydes is 1. The predicted molar refractivity (Wildman–Crippen MR) is 117 cm³/mol. The Balaban J connectivity index is 1.70. The quantitative estimate of drug-likeness (QED) is 0.475. The lowest BCUT2D eigenvalue weighted by Crippen LogP contribution is -2.54. The summed E-state index contributed by atoms with van der Waals surface area (Å²) >= 11 is 0. The van der Waals surface area contributed by atoms with Crippen LogP contribution in [-0.2, 0) is 23.9 Å². The molecule has 4 aliphatic carbocycles. The normalized spacial score (nSPS) is 42.2. The van der Waals surface area contributed by atoms with Gasteiger partial charge in [-0.05, 0) is 48.9 Å². The van der Waals surface area contributed by atoms with Crippen molar-refractivity contribution in [2.75, 3.05) is 0 Å². The monoisotopic (exact) mass is 428 g/mol. The van der Waals surface area contributed by atoms with E-state index in [9.17, 15) is 14.4 Å². The molecule has 31 heavy (non-hydrogen) atoms. The van der Waals surface area contributed by atoms with Crippen LogP contribution in [0.3, 0.4) is 0 Å². The van der Waals surface area contributed by atoms with Crippen LogP contribution in [0.2, 0.25) is 0 Å². The molecule has 8 atom stereocenters. The Morgan fingerprint density at radius 1 is 1.06 bits per heavy atom. The molecule has 3 fully saturated rings. The number of carbonyl (C=O) groups is 3. The molecular weight excluding hydrogens is 392 g/mol. The summed E-state index contributed by atoms with van der Waals surface area (Å²) in [5, 5.41) is 0. The van der Waals surface area contributed by atoms with Crippen molar-refractivity contribution in [3.63, 3.8) is 0 Å². The molecule has 0 spiro atoms. The third-order valence-electron chi connectivity index (χ3n) is 9.16. The second-order valence-corrected chi connectivity index (χ2v) is 10.7. The molecule has 0 bridgehead atoms. The highest BCUT2D eigenvalue weighted by Gasteiger charge is 2.60. The van der Waals surface area contributed by atoms with Gasteiger partial charge in [-0.2, -0.15) is 0 Å². The van der Waals surface area contributed by atoms with E-state index in [4.69, 9.17) is 9.47 Å². The summed E-state index contributed by atoms with van der Waals surface area (Å²) in [6.45, 7) is 9.59. The van der Waals surface area contributed by atoms with Gasteiger partial charge >= 0.3 is 11.9 Å². The molecule has 0 aromatic heterocycles. The number of fused-ring (bicyclic) bond motifs is 5. The molecule has 0 amide bonds. The fourth-order valence-electron chi connectivity index (χ4n) is 7.70. The van der Waals surface area contributed by atoms with Gasteiger partial charge < -0.3 is 14.3 Å². The van der Waals surface area contributed by atoms with E-state index in [1.807, 2.05) is 0 Å². The standard InChI is InChI=1S/C26H36O5/c1-15(14-27)21-8-9-22-20-7-6-18-12-19(30-16(2)28)13-24(31-17(3)29)26(18,5)23(20)10-11-25(21,22)4/h6-7,14-15,19,21-24H,8-13H2,1-5H3/t15-,19-,21-,22+,23+,24+,25-,26+/m1/s1. The maximum atomic E-state index is 12.0. The zero-order valence-corrected chi connectivity index (χ0v) is 19.5. The summed E-state index contributed by atoms with van der Waals surface area (Å²) in [5.74, 6) is 0.726. The molecular formula is C26H36O5. The van der Waals surface area contributed by atoms with Crippen LogP contribution in [0, 0.1) is 34.5 Å². The SMILES string of the molecule is CC(=O)O[C@@H]1CC2=CC=C3[C@@H]4CC[C@H]([C@H](C)C=O)[C@@]4(C)CC[C@@H]3[C@@]2(C)[C@@H](OC(C)=O)C1. The van der Waals surface area contributed by atoms with Gasteiger partial charge in [-0.25, -0.2) is 0 Å². The van der Waals surface area contributed by atoms with E-state index >= 15 is 0 Å². The highest BCUT2D eigenvalue weighted by atomic mass is 16.6. The molecule has 4 rings (SSSR count). The van der Waals surface area contributed by atoms with Crippen molar-refractivity contribution >= 4 is 18.2 Å². The number of hydrogen-bond acceptors (Lipinski definition) is 5. The fraction of sp³-hybridized carbons (Fsp3) is 0.731. The molecule has 170 valence electrons. The first kappa shape index (κ1) is 22.3. The molecule has 5 nitrogen and oxygen atoms in total. The molecule has 0 aliphatic heterocycles. The average Bonchev–Trinajstić information content (AvgIpc) is 3.04. The largest absolute Gasteiger partial charge is 0.462 e. The van der Waals surface area contributed by atoms with Crippen LogP contribution in [0.25, 0.3) is 0 Å². The zero-order valence-electron chi connectivity index (χ0n) is 19.5. The third-order valence-corrected chi connectivity index (χ3v) is 9.16. The Hall–Kier alpha value is -1.91. The Labute approximate surface area is 185 Å². The Kier molecular flexibility index (Phi) is 5.68. The zero-order chi connectivity index (χ0) is 22.6. The average molecular weight is 429 g/mol. The topological polar surface area (TPSA) is 69.7 Å². The Morgan fingerprint density at radius 2 is 1.77 bits per heavy atom. The van der Waals surface area contributed by atoms with Gasteiger partial charge in [-0.3, -0.25) is 9.59 Å². The highest BCUT2D eigenvalue weighted by Crippen LogP contribution is 2.66. The molecule has 0 saturated heterocycles. The maximum Gasteiger partial charge on any atom is 0.302 e. The summed E-state index contributed by atoms with van der Waals surface area (Å²) < 4.78 is 11.4. The second kappa shape index (κ2) is 7.90. The van der Waals surface area contributed by atoms with Crippen LogP contribution in [-0.4, -0.2) is 30.4 Å². The van der Waals surface area contributed by atoms with Gasteiger partial charge in [0, 0.05) is 38.0 Å². The lowest BCUT2D eigenvalue weighted by Gasteiger charge is -2.57. The van der Waals surface area contributed by atoms with E-state index in [1.165, 1.54) is 25.0 Å². The maximum absolute atomic E-state index is 12.0. The van der Waals surface area contributed by atoms with E-state index in [-0.39, 0.29) is 40.9 Å². The van der Waals surface area contributed by atoms with Crippen LogP contribution in [0.15, 0.2) is 23.3 Å². The first-order chi connectivity index (χ1) is 14.6. The van der Waals surface area contributed by atoms with Gasteiger partial charge in [-0.1, -0.05) is 44.1 Å². The van der Waals surface area contributed by atoms with Crippen LogP contribution >= 0.6 is 0 Å². The van der Waals surface area contributed by atoms with Crippen molar-refractivity contribution in [2.45, 2.75) is 85.4 Å². The first-order valence-electron chi connectivity index (χ1n) is 11.8. The van der Waals surface area contributed by atoms with Crippen LogP contribution < -0.4 is 0 Å². The molecule has 0 radical (unpaired) electrons. The van der Waals surface area contributed by atoms with Crippen molar-refractivity contribution in [1.29, 1.82) is 0 Å². The summed E-state index contributed by atoms with van der Waals surface area (Å²) in [7, 11) is 0. The van der Waals surface area contributed by atoms with Gasteiger partial charge in [0.05, 0.1) is 0 Å². The minimum Gasteiger partial charge on any atom is -0.462 e. The van der Waals surface area contributed by atoms with Gasteiger partial charge in [0.1, 0.15) is 18.5 Å². The van der Waals surface area contributed by atoms with Crippen molar-refractivity contribution in [3.05, 3.63) is 23.3 Å². The molecule has 3 saturated carbocycles. The van der Waals surface area contributed by atoms with E-state index < -0.39 is 0 Å². The number of ether oxygens (including phenoxy) is 2. The summed E-state index contributed by atoms with van der Waals surface area (Å²) in [6.07, 6.45) is 10.7. The number of hydrogen-bond donors (Lipinski definition) is 0. The molecule has 0 N–H and O–H groups in total. The summed E-state index contributed by atoms with van der Waals surface area (Å²) in [6, 6.07) is 0. The van der Waals surface area contributed by atoms with Crippen molar-refractivity contribution in [1.82, 2.24) is 0 Å². The molecule has 4 aliphatic rings. The van der Waals surface area contributed by atoms with E-state index in [2.05, 4.69) is 32.9 Å². The molecule has 0 heterocycles. The first-order valence-corrected chi connectivity index (χ1v) is 11.8. The lowest BCUT2D eigenvalue weighted by atomic mass is 9.49. The molecule has 0 unspecified atom stereocenters. The molecule has 0 aromatic rings. The Morgan fingerprint density at radius 3 is 2.42 bits per heavy atom. The minimum absolute atomic E-state index is 0.0883. The Bertz CT molecular complexity index is 841. The number of esters is 2. The van der Waals surface area contributed by atoms with Crippen LogP contribution in [0.1, 0.15) is 73.1 Å². The van der Waals surface area contributed by atoms with Gasteiger partial charge in [0.15, 0.2) is 0 Å². The predicted octanol–water partition coefficient (Wildman–Crippen LogP) is 4.79. The van der Waals surface area contributed by atoms with Crippen molar-refractivity contribution in [2.24, 2.45) is 34.5 Å². The van der Waals surface area contributed by atoms with Gasteiger partial charge in [0.25, 0.3) is 0 Å². The molecule has 0 aromatic carbocycles. The summed E-state index contributed by atoms with van der Waals surface area (Å²) in [5.41, 5.74) is 2.58. The third kappa shape index (κ3) is 3.48. The van der Waals surface area contributed by atoms with Crippen LogP contribution in [0.4, 0.5) is 0 Å². The number of carbonyl (C=O) groups excluding carboxylic acids is 3. The highest BCUT2D eigenvalue weighted by molar-refractivity contribution is 5.67. The van der Waals surface area contributed by atoms with Gasteiger partial charge in [-0.15, -0.1) is 0 Å².